The molecular weight excluding hydrogens is 521 g/mol. The molecule has 0 spiro atoms. The summed E-state index contributed by atoms with van der Waals surface area (Å²) in [5, 5.41) is 10.4. The van der Waals surface area contributed by atoms with Gasteiger partial charge in [0.05, 0.1) is 29.8 Å². The summed E-state index contributed by atoms with van der Waals surface area (Å²) in [5.74, 6) is -0.675. The van der Waals surface area contributed by atoms with Crippen LogP contribution in [0.15, 0.2) is 48.8 Å². The van der Waals surface area contributed by atoms with Gasteiger partial charge in [0.2, 0.25) is 0 Å². The third-order valence-electron chi connectivity index (χ3n) is 7.48. The molecule has 0 saturated carbocycles. The molecule has 1 atom stereocenters. The predicted molar refractivity (Wildman–Crippen MR) is 159 cm³/mol. The van der Waals surface area contributed by atoms with Crippen molar-refractivity contribution < 1.29 is 23.8 Å². The highest BCUT2D eigenvalue weighted by Crippen LogP contribution is 2.43. The summed E-state index contributed by atoms with van der Waals surface area (Å²) in [6, 6.07) is 10.1. The average Bonchev–Trinajstić information content (AvgIpc) is 2.92. The van der Waals surface area contributed by atoms with Crippen LogP contribution in [0.1, 0.15) is 77.3 Å². The molecular formula is C33H42FN3O4. The number of piperidine rings is 1. The fourth-order valence-corrected chi connectivity index (χ4v) is 5.13. The first kappa shape index (κ1) is 30.4. The van der Waals surface area contributed by atoms with E-state index in [-0.39, 0.29) is 11.2 Å². The third kappa shape index (κ3) is 7.82. The second-order valence-electron chi connectivity index (χ2n) is 12.4. The first-order chi connectivity index (χ1) is 19.4. The van der Waals surface area contributed by atoms with E-state index < -0.39 is 17.7 Å². The second-order valence-corrected chi connectivity index (χ2v) is 12.4. The summed E-state index contributed by atoms with van der Waals surface area (Å²) in [4.78, 5) is 24.4. The molecule has 1 saturated heterocycles. The smallest absolute Gasteiger partial charge is 0.337 e. The van der Waals surface area contributed by atoms with Crippen molar-refractivity contribution in [2.45, 2.75) is 78.9 Å². The number of aliphatic carboxylic acids is 1. The number of rotatable bonds is 10. The number of aromatic nitrogens is 2. The van der Waals surface area contributed by atoms with Crippen LogP contribution in [-0.4, -0.2) is 46.3 Å². The van der Waals surface area contributed by atoms with Crippen molar-refractivity contribution in [1.82, 2.24) is 9.97 Å². The summed E-state index contributed by atoms with van der Waals surface area (Å²) >= 11 is 0. The Morgan fingerprint density at radius 1 is 1.07 bits per heavy atom. The number of nitrogens with zero attached hydrogens (tertiary/aromatic N) is 3. The Balaban J connectivity index is 1.70. The molecule has 4 rings (SSSR count). The van der Waals surface area contributed by atoms with E-state index in [0.29, 0.717) is 42.1 Å². The number of ether oxygens (including phenoxy) is 2. The number of anilines is 1. The van der Waals surface area contributed by atoms with Gasteiger partial charge in [0.1, 0.15) is 11.6 Å². The number of hydrogen-bond acceptors (Lipinski definition) is 6. The number of aryl methyl sites for hydroxylation is 1. The number of carboxylic acids is 1. The predicted octanol–water partition coefficient (Wildman–Crippen LogP) is 7.03. The van der Waals surface area contributed by atoms with E-state index in [1.807, 2.05) is 46.0 Å². The lowest BCUT2D eigenvalue weighted by molar-refractivity contribution is -0.160. The van der Waals surface area contributed by atoms with Gasteiger partial charge in [0.25, 0.3) is 0 Å². The number of benzene rings is 1. The average molecular weight is 564 g/mol. The van der Waals surface area contributed by atoms with Crippen LogP contribution in [0.4, 0.5) is 10.1 Å². The minimum atomic E-state index is -1.17. The maximum Gasteiger partial charge on any atom is 0.337 e. The molecule has 2 aromatic heterocycles. The van der Waals surface area contributed by atoms with Crippen molar-refractivity contribution in [2.24, 2.45) is 5.41 Å². The molecule has 0 amide bonds. The Hall–Kier alpha value is -3.52. The van der Waals surface area contributed by atoms with Crippen molar-refractivity contribution in [3.8, 4) is 17.0 Å². The van der Waals surface area contributed by atoms with E-state index in [1.165, 1.54) is 12.1 Å². The van der Waals surface area contributed by atoms with Gasteiger partial charge >= 0.3 is 5.97 Å². The summed E-state index contributed by atoms with van der Waals surface area (Å²) in [5.41, 5.74) is 4.16. The highest BCUT2D eigenvalue weighted by Gasteiger charge is 2.36. The molecule has 8 heteroatoms. The number of hydrogen-bond donors (Lipinski definition) is 1. The first-order valence-electron chi connectivity index (χ1n) is 14.4. The lowest BCUT2D eigenvalue weighted by Gasteiger charge is -2.41. The first-order valence-corrected chi connectivity index (χ1v) is 14.4. The van der Waals surface area contributed by atoms with Crippen LogP contribution >= 0.6 is 0 Å². The number of carbonyl (C=O) groups is 1. The summed E-state index contributed by atoms with van der Waals surface area (Å²) in [6.07, 6.45) is 5.52. The van der Waals surface area contributed by atoms with E-state index >= 15 is 0 Å². The van der Waals surface area contributed by atoms with Crippen LogP contribution in [0.3, 0.4) is 0 Å². The van der Waals surface area contributed by atoms with Crippen LogP contribution in [-0.2, 0) is 22.4 Å². The zero-order chi connectivity index (χ0) is 29.8. The van der Waals surface area contributed by atoms with Gasteiger partial charge in [-0.1, -0.05) is 32.9 Å². The number of halogens is 1. The maximum atomic E-state index is 13.2. The summed E-state index contributed by atoms with van der Waals surface area (Å²) in [7, 11) is 0. The maximum absolute atomic E-state index is 13.2. The largest absolute Gasteiger partial charge is 0.492 e. The molecule has 41 heavy (non-hydrogen) atoms. The highest BCUT2D eigenvalue weighted by atomic mass is 19.1. The van der Waals surface area contributed by atoms with E-state index in [0.717, 1.165) is 42.7 Å². The van der Waals surface area contributed by atoms with Gasteiger partial charge in [-0.3, -0.25) is 9.97 Å². The van der Waals surface area contributed by atoms with Gasteiger partial charge in [-0.05, 0) is 75.3 Å². The van der Waals surface area contributed by atoms with Crippen molar-refractivity contribution in [3.05, 3.63) is 71.4 Å². The van der Waals surface area contributed by atoms with Gasteiger partial charge in [-0.15, -0.1) is 0 Å². The molecule has 1 aromatic carbocycles. The van der Waals surface area contributed by atoms with Crippen LogP contribution in [0.5, 0.6) is 5.75 Å². The molecule has 0 radical (unpaired) electrons. The molecule has 1 unspecified atom stereocenters. The molecule has 0 aliphatic carbocycles. The summed E-state index contributed by atoms with van der Waals surface area (Å²) < 4.78 is 25.2. The zero-order valence-electron chi connectivity index (χ0n) is 25.0. The fraction of sp³-hybridized carbons (Fsp3) is 0.485. The molecule has 1 N–H and O–H groups in total. The van der Waals surface area contributed by atoms with Gasteiger partial charge in [0.15, 0.2) is 6.10 Å². The second kappa shape index (κ2) is 12.6. The molecule has 1 fully saturated rings. The SMILES string of the molecule is CCc1ncc(-c2ccc(OCCc3ccc(F)cc3)cn2)c(N2CCC(C)(C)CC2)c1C(OC(C)(C)C)C(=O)O. The third-order valence-corrected chi connectivity index (χ3v) is 7.48. The molecule has 1 aliphatic rings. The Morgan fingerprint density at radius 2 is 1.76 bits per heavy atom. The molecule has 1 aliphatic heterocycles. The molecule has 3 heterocycles. The normalized spacial score (nSPS) is 15.9. The Morgan fingerprint density at radius 3 is 2.32 bits per heavy atom. The fourth-order valence-electron chi connectivity index (χ4n) is 5.13. The van der Waals surface area contributed by atoms with Crippen LogP contribution in [0.25, 0.3) is 11.3 Å². The minimum absolute atomic E-state index is 0.219. The van der Waals surface area contributed by atoms with Crippen molar-refractivity contribution >= 4 is 11.7 Å². The molecule has 220 valence electrons. The standard InChI is InChI=1S/C33H42FN3O4/c1-7-26-28(30(31(38)39)41-32(2,3)4)29(37-17-15-33(5,6)16-18-37)25(21-36-26)27-13-12-24(20-35-27)40-19-14-22-8-10-23(34)11-9-22/h8-13,20-21,30H,7,14-19H2,1-6H3,(H,38,39). The van der Waals surface area contributed by atoms with Crippen LogP contribution in [0, 0.1) is 11.2 Å². The Labute approximate surface area is 242 Å². The van der Waals surface area contributed by atoms with E-state index in [9.17, 15) is 14.3 Å². The molecule has 7 nitrogen and oxygen atoms in total. The molecule has 3 aromatic rings. The lowest BCUT2D eigenvalue weighted by Crippen LogP contribution is -2.39. The van der Waals surface area contributed by atoms with Gasteiger partial charge < -0.3 is 19.5 Å². The zero-order valence-corrected chi connectivity index (χ0v) is 25.0. The lowest BCUT2D eigenvalue weighted by atomic mass is 9.82. The van der Waals surface area contributed by atoms with Crippen LogP contribution in [0.2, 0.25) is 0 Å². The van der Waals surface area contributed by atoms with Gasteiger partial charge in [0, 0.05) is 42.5 Å². The summed E-state index contributed by atoms with van der Waals surface area (Å²) in [6.45, 7) is 14.2. The van der Waals surface area contributed by atoms with E-state index in [4.69, 9.17) is 19.4 Å². The van der Waals surface area contributed by atoms with Crippen molar-refractivity contribution in [2.75, 3.05) is 24.6 Å². The Bertz CT molecular complexity index is 1320. The number of carboxylic acid groups (broad SMARTS) is 1. The highest BCUT2D eigenvalue weighted by molar-refractivity contribution is 5.85. The van der Waals surface area contributed by atoms with Crippen molar-refractivity contribution in [1.29, 1.82) is 0 Å². The van der Waals surface area contributed by atoms with Crippen molar-refractivity contribution in [3.63, 3.8) is 0 Å². The monoisotopic (exact) mass is 563 g/mol. The van der Waals surface area contributed by atoms with E-state index in [1.54, 1.807) is 18.3 Å². The van der Waals surface area contributed by atoms with Gasteiger partial charge in [-0.25, -0.2) is 9.18 Å². The number of pyridine rings is 2. The quantitative estimate of drug-likeness (QED) is 0.283. The van der Waals surface area contributed by atoms with E-state index in [2.05, 4.69) is 18.7 Å². The Kier molecular flexibility index (Phi) is 9.32. The minimum Gasteiger partial charge on any atom is -0.492 e. The van der Waals surface area contributed by atoms with Gasteiger partial charge in [-0.2, -0.15) is 0 Å². The van der Waals surface area contributed by atoms with Crippen LogP contribution < -0.4 is 9.64 Å². The molecule has 0 bridgehead atoms. The topological polar surface area (TPSA) is 84.8 Å².